The number of rotatable bonds is 55. The van der Waals surface area contributed by atoms with Crippen LogP contribution in [0.15, 0.2) is 170 Å². The Balaban J connectivity index is 4.42. The number of esters is 3. The predicted octanol–water partition coefficient (Wildman–Crippen LogP) is 21.9. The summed E-state index contributed by atoms with van der Waals surface area (Å²) < 4.78 is 16.8. The molecule has 0 bridgehead atoms. The molecule has 0 aromatic heterocycles. The third-order valence-electron chi connectivity index (χ3n) is 12.7. The van der Waals surface area contributed by atoms with Crippen LogP contribution in [0.3, 0.4) is 0 Å². The largest absolute Gasteiger partial charge is 0.462 e. The van der Waals surface area contributed by atoms with E-state index in [1.165, 1.54) is 25.7 Å². The summed E-state index contributed by atoms with van der Waals surface area (Å²) in [6.45, 7) is 6.32. The summed E-state index contributed by atoms with van der Waals surface area (Å²) in [5, 5.41) is 0. The maximum atomic E-state index is 12.9. The topological polar surface area (TPSA) is 78.9 Å². The molecule has 6 heteroatoms. The maximum absolute atomic E-state index is 12.9. The molecule has 0 amide bonds. The van der Waals surface area contributed by atoms with Gasteiger partial charge in [-0.15, -0.1) is 0 Å². The lowest BCUT2D eigenvalue weighted by molar-refractivity contribution is -0.167. The van der Waals surface area contributed by atoms with Crippen LogP contribution in [0.4, 0.5) is 0 Å². The van der Waals surface area contributed by atoms with Crippen molar-refractivity contribution in [1.29, 1.82) is 0 Å². The molecule has 0 saturated carbocycles. The molecular weight excluding hydrogens is 973 g/mol. The quantitative estimate of drug-likeness (QED) is 0.0261. The summed E-state index contributed by atoms with van der Waals surface area (Å²) in [5.41, 5.74) is 0. The van der Waals surface area contributed by atoms with Crippen molar-refractivity contribution < 1.29 is 28.6 Å². The first-order chi connectivity index (χ1) is 39.0. The molecule has 0 saturated heterocycles. The molecular formula is C73H114O6. The Hall–Kier alpha value is -5.23. The number of carbonyl (C=O) groups excluding carboxylic acids is 3. The van der Waals surface area contributed by atoms with Crippen molar-refractivity contribution in [3.63, 3.8) is 0 Å². The first-order valence-corrected chi connectivity index (χ1v) is 31.6. The van der Waals surface area contributed by atoms with Gasteiger partial charge < -0.3 is 14.2 Å². The van der Waals surface area contributed by atoms with Crippen molar-refractivity contribution in [2.75, 3.05) is 13.2 Å². The van der Waals surface area contributed by atoms with Crippen LogP contribution in [0.1, 0.15) is 252 Å². The van der Waals surface area contributed by atoms with Gasteiger partial charge in [0, 0.05) is 19.3 Å². The Bertz CT molecular complexity index is 1820. The Kier molecular flexibility index (Phi) is 61.0. The molecule has 0 radical (unpaired) electrons. The predicted molar refractivity (Wildman–Crippen MR) is 343 cm³/mol. The van der Waals surface area contributed by atoms with Crippen LogP contribution in [0.2, 0.25) is 0 Å². The lowest BCUT2D eigenvalue weighted by atomic mass is 10.1. The smallest absolute Gasteiger partial charge is 0.306 e. The molecule has 6 nitrogen and oxygen atoms in total. The molecule has 0 N–H and O–H groups in total. The van der Waals surface area contributed by atoms with Crippen molar-refractivity contribution in [2.24, 2.45) is 0 Å². The second-order valence-electron chi connectivity index (χ2n) is 20.2. The van der Waals surface area contributed by atoms with Gasteiger partial charge in [-0.3, -0.25) is 14.4 Å². The zero-order valence-electron chi connectivity index (χ0n) is 50.6. The van der Waals surface area contributed by atoms with Crippen LogP contribution >= 0.6 is 0 Å². The number of ether oxygens (including phenoxy) is 3. The molecule has 79 heavy (non-hydrogen) atoms. The summed E-state index contributed by atoms with van der Waals surface area (Å²) in [7, 11) is 0. The van der Waals surface area contributed by atoms with Crippen LogP contribution in [-0.2, 0) is 28.6 Å². The van der Waals surface area contributed by atoms with E-state index in [-0.39, 0.29) is 31.1 Å². The van der Waals surface area contributed by atoms with Gasteiger partial charge in [-0.05, 0) is 148 Å². The van der Waals surface area contributed by atoms with Gasteiger partial charge in [0.25, 0.3) is 0 Å². The summed E-state index contributed by atoms with van der Waals surface area (Å²) in [6.07, 6.45) is 96.4. The van der Waals surface area contributed by atoms with E-state index in [9.17, 15) is 14.4 Å². The minimum atomic E-state index is -0.812. The molecule has 0 rings (SSSR count). The lowest BCUT2D eigenvalue weighted by Gasteiger charge is -2.18. The summed E-state index contributed by atoms with van der Waals surface area (Å²) in [6, 6.07) is 0. The Morgan fingerprint density at radius 2 is 0.494 bits per heavy atom. The van der Waals surface area contributed by atoms with Crippen LogP contribution in [-0.4, -0.2) is 37.2 Å². The first-order valence-electron chi connectivity index (χ1n) is 31.6. The molecule has 0 spiro atoms. The van der Waals surface area contributed by atoms with Gasteiger partial charge in [0.1, 0.15) is 13.2 Å². The highest BCUT2D eigenvalue weighted by atomic mass is 16.6. The highest BCUT2D eigenvalue weighted by Crippen LogP contribution is 2.13. The standard InChI is InChI=1S/C73H114O6/c1-4-7-10-13-16-19-22-24-26-28-30-32-33-34-35-36-37-38-39-41-42-44-46-48-51-54-57-60-63-66-72(75)78-69-70(68-77-71(74)65-62-59-56-53-50-21-18-15-12-9-6-3)79-73(76)67-64-61-58-55-52-49-47-45-43-40-31-29-27-25-23-20-17-14-11-8-5-2/h7-8,10-11,15-20,24-27,30-32,34-35,37-38,40-42,45-48,70H,4-6,9,12-14,21-23,28-29,33,36,39,43-44,49-69H2,1-3H3/b10-7-,11-8-,18-15-,19-16-,20-17-,26-24-,27-25-,32-30-,35-34-,38-37-,40-31-,42-41-,47-45-,48-46-. The molecule has 0 aliphatic heterocycles. The van der Waals surface area contributed by atoms with Crippen LogP contribution < -0.4 is 0 Å². The average Bonchev–Trinajstić information content (AvgIpc) is 3.45. The number of allylic oxidation sites excluding steroid dienone is 28. The van der Waals surface area contributed by atoms with E-state index in [1.54, 1.807) is 0 Å². The second-order valence-corrected chi connectivity index (χ2v) is 20.2. The third-order valence-corrected chi connectivity index (χ3v) is 12.7. The Morgan fingerprint density at radius 1 is 0.266 bits per heavy atom. The number of carbonyl (C=O) groups is 3. The van der Waals surface area contributed by atoms with E-state index in [0.717, 1.165) is 186 Å². The molecule has 0 fully saturated rings. The van der Waals surface area contributed by atoms with Gasteiger partial charge in [-0.25, -0.2) is 0 Å². The fourth-order valence-corrected chi connectivity index (χ4v) is 7.99. The van der Waals surface area contributed by atoms with Crippen molar-refractivity contribution in [1.82, 2.24) is 0 Å². The van der Waals surface area contributed by atoms with Gasteiger partial charge in [0.2, 0.25) is 0 Å². The molecule has 442 valence electrons. The van der Waals surface area contributed by atoms with Gasteiger partial charge in [0.05, 0.1) is 0 Å². The van der Waals surface area contributed by atoms with Crippen molar-refractivity contribution in [2.45, 2.75) is 258 Å². The van der Waals surface area contributed by atoms with Crippen LogP contribution in [0.5, 0.6) is 0 Å². The third kappa shape index (κ3) is 63.5. The molecule has 0 aromatic carbocycles. The number of hydrogen-bond donors (Lipinski definition) is 0. The SMILES string of the molecule is CC/C=C\C/C=C\C/C=C\C/C=C\C/C=C\C/C=C\C/C=C\C/C=C\CCCCCCC(=O)OCC(COC(=O)CCCCCCC/C=C\CCCC)OC(=O)CCCCCCC/C=C\C/C=C\C/C=C\C/C=C\C/C=C\CC. The van der Waals surface area contributed by atoms with Gasteiger partial charge in [-0.1, -0.05) is 255 Å². The lowest BCUT2D eigenvalue weighted by Crippen LogP contribution is -2.30. The molecule has 1 unspecified atom stereocenters. The van der Waals surface area contributed by atoms with Crippen LogP contribution in [0, 0.1) is 0 Å². The van der Waals surface area contributed by atoms with E-state index in [1.807, 2.05) is 0 Å². The van der Waals surface area contributed by atoms with E-state index >= 15 is 0 Å². The zero-order chi connectivity index (χ0) is 57.1. The van der Waals surface area contributed by atoms with E-state index in [4.69, 9.17) is 14.2 Å². The van der Waals surface area contributed by atoms with Crippen molar-refractivity contribution >= 4 is 17.9 Å². The van der Waals surface area contributed by atoms with E-state index in [2.05, 4.69) is 191 Å². The highest BCUT2D eigenvalue weighted by molar-refractivity contribution is 5.71. The molecule has 0 aliphatic rings. The normalized spacial score (nSPS) is 13.3. The Morgan fingerprint density at radius 3 is 0.785 bits per heavy atom. The molecule has 1 atom stereocenters. The number of hydrogen-bond acceptors (Lipinski definition) is 6. The molecule has 0 aromatic rings. The maximum Gasteiger partial charge on any atom is 0.306 e. The average molecular weight is 1090 g/mol. The minimum Gasteiger partial charge on any atom is -0.462 e. The fourth-order valence-electron chi connectivity index (χ4n) is 7.99. The zero-order valence-corrected chi connectivity index (χ0v) is 50.6. The second kappa shape index (κ2) is 65.3. The highest BCUT2D eigenvalue weighted by Gasteiger charge is 2.19. The first kappa shape index (κ1) is 73.8. The van der Waals surface area contributed by atoms with Gasteiger partial charge >= 0.3 is 17.9 Å². The summed E-state index contributed by atoms with van der Waals surface area (Å²) in [5.74, 6) is -0.967. The van der Waals surface area contributed by atoms with E-state index < -0.39 is 6.10 Å². The van der Waals surface area contributed by atoms with Crippen molar-refractivity contribution in [3.05, 3.63) is 170 Å². The van der Waals surface area contributed by atoms with E-state index in [0.29, 0.717) is 19.3 Å². The van der Waals surface area contributed by atoms with Crippen LogP contribution in [0.25, 0.3) is 0 Å². The fraction of sp³-hybridized carbons (Fsp3) is 0.575. The molecule has 0 aliphatic carbocycles. The minimum absolute atomic E-state index is 0.106. The summed E-state index contributed by atoms with van der Waals surface area (Å²) >= 11 is 0. The molecule has 0 heterocycles. The van der Waals surface area contributed by atoms with Gasteiger partial charge in [-0.2, -0.15) is 0 Å². The number of unbranched alkanes of at least 4 members (excludes halogenated alkanes) is 16. The Labute approximate surface area is 485 Å². The van der Waals surface area contributed by atoms with Crippen molar-refractivity contribution in [3.8, 4) is 0 Å². The summed E-state index contributed by atoms with van der Waals surface area (Å²) in [4.78, 5) is 38.2. The van der Waals surface area contributed by atoms with Gasteiger partial charge in [0.15, 0.2) is 6.10 Å². The monoisotopic (exact) mass is 1090 g/mol.